The second kappa shape index (κ2) is 63.3. The number of aliphatic hydroxyl groups is 1. The third-order valence-electron chi connectivity index (χ3n) is 16.6. The van der Waals surface area contributed by atoms with Gasteiger partial charge in [0.2, 0.25) is 0 Å². The van der Waals surface area contributed by atoms with Crippen molar-refractivity contribution in [2.75, 3.05) is 39.6 Å². The Bertz CT molecular complexity index is 1900. The molecule has 92 heavy (non-hydrogen) atoms. The van der Waals surface area contributed by atoms with E-state index in [1.807, 2.05) is 0 Å². The quantitative estimate of drug-likeness (QED) is 0.0169. The van der Waals surface area contributed by atoms with Crippen LogP contribution in [-0.2, 0) is 65.4 Å². The minimum Gasteiger partial charge on any atom is -0.462 e. The van der Waals surface area contributed by atoms with Gasteiger partial charge in [-0.15, -0.1) is 0 Å². The van der Waals surface area contributed by atoms with E-state index in [1.54, 1.807) is 0 Å². The molecule has 0 saturated carbocycles. The summed E-state index contributed by atoms with van der Waals surface area (Å²) in [6, 6.07) is 0. The molecule has 0 aromatic heterocycles. The number of ether oxygens (including phenoxy) is 4. The standard InChI is InChI=1S/C73H138O17P2/c1-8-10-11-12-13-14-15-16-18-23-26-29-32-42-49-56-72(77)89-68(61-84-71(76)55-48-41-36-34-39-46-53-66(7)9-2)62-87-91(79,80)85-58-67(74)59-86-92(81,82)88-63-69(90-73(78)57-50-43-35-33-38-45-52-65(5)6)60-83-70(75)54-47-40-31-28-25-22-20-17-19-21-24-27-30-37-44-51-64(3)4/h14-16,18,64-69,74H,8-13,17,19-63H2,1-7H3,(H,79,80)(H,81,82)/b15-14-,18-16-/t66?,67-,68+,69+/m0/s1. The molecule has 3 N–H and O–H groups in total. The lowest BCUT2D eigenvalue weighted by Crippen LogP contribution is -2.30. The molecule has 0 radical (unpaired) electrons. The van der Waals surface area contributed by atoms with Crippen molar-refractivity contribution in [1.82, 2.24) is 0 Å². The first-order chi connectivity index (χ1) is 44.3. The van der Waals surface area contributed by atoms with Gasteiger partial charge in [0, 0.05) is 25.7 Å². The van der Waals surface area contributed by atoms with Crippen LogP contribution in [0.15, 0.2) is 24.3 Å². The van der Waals surface area contributed by atoms with E-state index in [0.717, 1.165) is 121 Å². The van der Waals surface area contributed by atoms with Crippen molar-refractivity contribution in [3.8, 4) is 0 Å². The average Bonchev–Trinajstić information content (AvgIpc) is 3.64. The predicted octanol–water partition coefficient (Wildman–Crippen LogP) is 20.6. The van der Waals surface area contributed by atoms with E-state index >= 15 is 0 Å². The highest BCUT2D eigenvalue weighted by atomic mass is 31.2. The van der Waals surface area contributed by atoms with E-state index in [1.165, 1.54) is 135 Å². The summed E-state index contributed by atoms with van der Waals surface area (Å²) in [4.78, 5) is 72.6. The molecule has 0 saturated heterocycles. The number of carbonyl (C=O) groups is 4. The van der Waals surface area contributed by atoms with Gasteiger partial charge in [-0.1, -0.05) is 291 Å². The Morgan fingerprint density at radius 1 is 0.359 bits per heavy atom. The van der Waals surface area contributed by atoms with Crippen molar-refractivity contribution in [3.05, 3.63) is 24.3 Å². The lowest BCUT2D eigenvalue weighted by atomic mass is 10.00. The van der Waals surface area contributed by atoms with Gasteiger partial charge in [0.1, 0.15) is 19.3 Å². The molecule has 3 unspecified atom stereocenters. The zero-order chi connectivity index (χ0) is 68.0. The largest absolute Gasteiger partial charge is 0.472 e. The summed E-state index contributed by atoms with van der Waals surface area (Å²) in [5.41, 5.74) is 0. The molecule has 0 aromatic rings. The van der Waals surface area contributed by atoms with Crippen molar-refractivity contribution in [2.24, 2.45) is 17.8 Å². The number of unbranched alkanes of at least 4 members (excludes halogenated alkanes) is 33. The second-order valence-corrected chi connectivity index (χ2v) is 29.7. The van der Waals surface area contributed by atoms with Gasteiger partial charge in [0.25, 0.3) is 0 Å². The topological polar surface area (TPSA) is 237 Å². The highest BCUT2D eigenvalue weighted by molar-refractivity contribution is 7.47. The molecule has 0 heterocycles. The van der Waals surface area contributed by atoms with E-state index in [0.29, 0.717) is 31.6 Å². The lowest BCUT2D eigenvalue weighted by molar-refractivity contribution is -0.161. The molecule has 19 heteroatoms. The summed E-state index contributed by atoms with van der Waals surface area (Å²) in [6.07, 6.45) is 51.1. The first kappa shape index (κ1) is 89.5. The molecule has 0 aliphatic heterocycles. The Hall–Kier alpha value is -2.46. The van der Waals surface area contributed by atoms with Crippen molar-refractivity contribution in [2.45, 2.75) is 362 Å². The monoisotopic (exact) mass is 1350 g/mol. The van der Waals surface area contributed by atoms with Gasteiger partial charge >= 0.3 is 39.5 Å². The minimum absolute atomic E-state index is 0.0836. The summed E-state index contributed by atoms with van der Waals surface area (Å²) in [7, 11) is -9.92. The molecule has 6 atom stereocenters. The van der Waals surface area contributed by atoms with Crippen molar-refractivity contribution < 1.29 is 80.2 Å². The second-order valence-electron chi connectivity index (χ2n) is 26.8. The molecular formula is C73H138O17P2. The summed E-state index contributed by atoms with van der Waals surface area (Å²) < 4.78 is 68.3. The maximum atomic E-state index is 13.0. The lowest BCUT2D eigenvalue weighted by Gasteiger charge is -2.21. The SMILES string of the molecule is CCCCCC/C=C\C=C/CCCCCCCC(=O)O[C@H](COC(=O)CCCCCCCCC(C)CC)COP(=O)(O)OC[C@H](O)COP(=O)(O)OC[C@@H](COC(=O)CCCCCCCCCCCCCCCCCC(C)C)OC(=O)CCCCCCCCC(C)C. The zero-order valence-corrected chi connectivity index (χ0v) is 61.3. The molecule has 0 bridgehead atoms. The Balaban J connectivity index is 5.21. The van der Waals surface area contributed by atoms with Crippen LogP contribution >= 0.6 is 15.6 Å². The number of hydrogen-bond donors (Lipinski definition) is 3. The molecular weight excluding hydrogens is 1210 g/mol. The molecule has 0 spiro atoms. The van der Waals surface area contributed by atoms with Gasteiger partial charge in [-0.3, -0.25) is 37.3 Å². The number of allylic oxidation sites excluding steroid dienone is 4. The predicted molar refractivity (Wildman–Crippen MR) is 372 cm³/mol. The van der Waals surface area contributed by atoms with Crippen LogP contribution in [0.2, 0.25) is 0 Å². The molecule has 0 aromatic carbocycles. The van der Waals surface area contributed by atoms with E-state index < -0.39 is 97.5 Å². The van der Waals surface area contributed by atoms with Gasteiger partial charge in [-0.05, 0) is 69.1 Å². The zero-order valence-electron chi connectivity index (χ0n) is 59.5. The van der Waals surface area contributed by atoms with Crippen molar-refractivity contribution in [3.63, 3.8) is 0 Å². The van der Waals surface area contributed by atoms with Crippen molar-refractivity contribution >= 4 is 39.5 Å². The summed E-state index contributed by atoms with van der Waals surface area (Å²) in [6.45, 7) is 11.7. The highest BCUT2D eigenvalue weighted by Gasteiger charge is 2.30. The summed E-state index contributed by atoms with van der Waals surface area (Å²) in [5, 5.41) is 10.6. The number of carbonyl (C=O) groups excluding carboxylic acids is 4. The summed E-state index contributed by atoms with van der Waals surface area (Å²) in [5.74, 6) is 0.0409. The molecule has 0 aliphatic carbocycles. The molecule has 0 rings (SSSR count). The minimum atomic E-state index is -4.96. The third-order valence-corrected chi connectivity index (χ3v) is 18.5. The van der Waals surface area contributed by atoms with Crippen LogP contribution in [0.5, 0.6) is 0 Å². The first-order valence-electron chi connectivity index (χ1n) is 37.2. The number of phosphoric acid groups is 2. The van der Waals surface area contributed by atoms with Crippen LogP contribution in [0.25, 0.3) is 0 Å². The Labute approximate surface area is 561 Å². The smallest absolute Gasteiger partial charge is 0.462 e. The van der Waals surface area contributed by atoms with Crippen LogP contribution in [0.4, 0.5) is 0 Å². The van der Waals surface area contributed by atoms with Crippen LogP contribution in [-0.4, -0.2) is 96.7 Å². The molecule has 0 amide bonds. The van der Waals surface area contributed by atoms with Gasteiger partial charge in [0.05, 0.1) is 26.4 Å². The highest BCUT2D eigenvalue weighted by Crippen LogP contribution is 2.45. The van der Waals surface area contributed by atoms with E-state index in [9.17, 15) is 43.2 Å². The third kappa shape index (κ3) is 64.9. The number of rotatable bonds is 69. The van der Waals surface area contributed by atoms with Gasteiger partial charge in [-0.2, -0.15) is 0 Å². The van der Waals surface area contributed by atoms with E-state index in [4.69, 9.17) is 37.0 Å². The molecule has 542 valence electrons. The maximum Gasteiger partial charge on any atom is 0.472 e. The Morgan fingerprint density at radius 2 is 0.641 bits per heavy atom. The first-order valence-corrected chi connectivity index (χ1v) is 40.2. The average molecular weight is 1350 g/mol. The van der Waals surface area contributed by atoms with Crippen LogP contribution in [0.3, 0.4) is 0 Å². The van der Waals surface area contributed by atoms with E-state index in [2.05, 4.69) is 72.8 Å². The molecule has 0 fully saturated rings. The van der Waals surface area contributed by atoms with Gasteiger partial charge in [0.15, 0.2) is 12.2 Å². The fourth-order valence-electron chi connectivity index (χ4n) is 10.5. The number of esters is 4. The van der Waals surface area contributed by atoms with Crippen LogP contribution < -0.4 is 0 Å². The molecule has 17 nitrogen and oxygen atoms in total. The fourth-order valence-corrected chi connectivity index (χ4v) is 12.1. The van der Waals surface area contributed by atoms with E-state index in [-0.39, 0.29) is 25.7 Å². The van der Waals surface area contributed by atoms with Crippen LogP contribution in [0, 0.1) is 17.8 Å². The number of aliphatic hydroxyl groups excluding tert-OH is 1. The fraction of sp³-hybridized carbons (Fsp3) is 0.890. The Morgan fingerprint density at radius 3 is 0.967 bits per heavy atom. The summed E-state index contributed by atoms with van der Waals surface area (Å²) >= 11 is 0. The molecule has 0 aliphatic rings. The van der Waals surface area contributed by atoms with Gasteiger partial charge in [-0.25, -0.2) is 9.13 Å². The van der Waals surface area contributed by atoms with Crippen LogP contribution in [0.1, 0.15) is 344 Å². The van der Waals surface area contributed by atoms with Gasteiger partial charge < -0.3 is 33.8 Å². The number of phosphoric ester groups is 2. The normalized spacial score (nSPS) is 14.6. The Kier molecular flexibility index (Phi) is 61.6. The van der Waals surface area contributed by atoms with Crippen molar-refractivity contribution in [1.29, 1.82) is 0 Å². The maximum absolute atomic E-state index is 13.0. The number of hydrogen-bond acceptors (Lipinski definition) is 15.